The molecule has 3 rings (SSSR count). The van der Waals surface area contributed by atoms with Crippen LogP contribution in [0.2, 0.25) is 5.02 Å². The molecular weight excluding hydrogens is 236 g/mol. The normalized spacial score (nSPS) is 10.9. The van der Waals surface area contributed by atoms with Crippen LogP contribution in [0.5, 0.6) is 0 Å². The van der Waals surface area contributed by atoms with Gasteiger partial charge in [-0.1, -0.05) is 11.6 Å². The van der Waals surface area contributed by atoms with E-state index in [2.05, 4.69) is 15.0 Å². The quantitative estimate of drug-likeness (QED) is 0.647. The zero-order valence-electron chi connectivity index (χ0n) is 8.81. The van der Waals surface area contributed by atoms with Crippen molar-refractivity contribution in [1.82, 2.24) is 15.0 Å². The Labute approximate surface area is 102 Å². The highest BCUT2D eigenvalue weighted by molar-refractivity contribution is 6.31. The fourth-order valence-electron chi connectivity index (χ4n) is 1.71. The number of nitrogens with zero attached hydrogens (tertiary/aromatic N) is 2. The summed E-state index contributed by atoms with van der Waals surface area (Å²) in [7, 11) is 0. The monoisotopic (exact) mass is 244 g/mol. The van der Waals surface area contributed by atoms with Gasteiger partial charge in [0.15, 0.2) is 5.65 Å². The molecule has 3 N–H and O–H groups in total. The summed E-state index contributed by atoms with van der Waals surface area (Å²) in [5, 5.41) is 0.627. The summed E-state index contributed by atoms with van der Waals surface area (Å²) in [6.07, 6.45) is 1.70. The SMILES string of the molecule is Nc1ccc(Cl)cc1-c1nc2ncccc2[nH]1. The molecule has 0 saturated carbocycles. The van der Waals surface area contributed by atoms with Crippen LogP contribution in [-0.4, -0.2) is 15.0 Å². The molecule has 84 valence electrons. The number of H-pyrrole nitrogens is 1. The van der Waals surface area contributed by atoms with Gasteiger partial charge in [0.2, 0.25) is 0 Å². The Morgan fingerprint density at radius 1 is 1.24 bits per heavy atom. The summed E-state index contributed by atoms with van der Waals surface area (Å²) in [6.45, 7) is 0. The number of hydrogen-bond donors (Lipinski definition) is 2. The molecule has 1 aromatic carbocycles. The number of benzene rings is 1. The molecule has 0 aliphatic heterocycles. The number of aromatic nitrogens is 3. The van der Waals surface area contributed by atoms with Crippen molar-refractivity contribution < 1.29 is 0 Å². The zero-order chi connectivity index (χ0) is 11.8. The van der Waals surface area contributed by atoms with Gasteiger partial charge in [0.05, 0.1) is 5.52 Å². The molecule has 0 aliphatic rings. The molecule has 0 spiro atoms. The highest BCUT2D eigenvalue weighted by Gasteiger charge is 2.09. The number of nitrogens with two attached hydrogens (primary N) is 1. The topological polar surface area (TPSA) is 67.6 Å². The minimum atomic E-state index is 0.627. The number of imidazole rings is 1. The van der Waals surface area contributed by atoms with Crippen LogP contribution >= 0.6 is 11.6 Å². The van der Waals surface area contributed by atoms with Crippen molar-refractivity contribution in [3.05, 3.63) is 41.6 Å². The molecule has 0 unspecified atom stereocenters. The maximum Gasteiger partial charge on any atom is 0.178 e. The predicted molar refractivity (Wildman–Crippen MR) is 68.7 cm³/mol. The molecule has 17 heavy (non-hydrogen) atoms. The molecule has 2 aromatic heterocycles. The third-order valence-corrected chi connectivity index (χ3v) is 2.76. The summed E-state index contributed by atoms with van der Waals surface area (Å²) < 4.78 is 0. The largest absolute Gasteiger partial charge is 0.398 e. The number of nitrogens with one attached hydrogen (secondary N) is 1. The number of rotatable bonds is 1. The van der Waals surface area contributed by atoms with Crippen molar-refractivity contribution in [2.24, 2.45) is 0 Å². The lowest BCUT2D eigenvalue weighted by atomic mass is 10.2. The molecule has 3 aromatic rings. The van der Waals surface area contributed by atoms with Crippen molar-refractivity contribution in [2.45, 2.75) is 0 Å². The van der Waals surface area contributed by atoms with E-state index in [1.807, 2.05) is 12.1 Å². The van der Waals surface area contributed by atoms with Crippen molar-refractivity contribution >= 4 is 28.5 Å². The highest BCUT2D eigenvalue weighted by atomic mass is 35.5. The number of fused-ring (bicyclic) bond motifs is 1. The Morgan fingerprint density at radius 2 is 2.12 bits per heavy atom. The number of pyridine rings is 1. The van der Waals surface area contributed by atoms with E-state index in [-0.39, 0.29) is 0 Å². The van der Waals surface area contributed by atoms with Gasteiger partial charge in [-0.15, -0.1) is 0 Å². The second kappa shape index (κ2) is 3.75. The number of nitrogen functional groups attached to an aromatic ring is 1. The molecule has 2 heterocycles. The second-order valence-corrected chi connectivity index (χ2v) is 4.13. The third kappa shape index (κ3) is 1.72. The Balaban J connectivity index is 2.23. The molecule has 0 radical (unpaired) electrons. The van der Waals surface area contributed by atoms with Gasteiger partial charge < -0.3 is 10.7 Å². The molecule has 0 amide bonds. The lowest BCUT2D eigenvalue weighted by Crippen LogP contribution is -1.90. The number of halogens is 1. The summed E-state index contributed by atoms with van der Waals surface area (Å²) in [4.78, 5) is 11.7. The maximum atomic E-state index is 5.95. The van der Waals surface area contributed by atoms with Gasteiger partial charge in [-0.25, -0.2) is 9.97 Å². The molecule has 4 nitrogen and oxygen atoms in total. The van der Waals surface area contributed by atoms with Crippen molar-refractivity contribution in [3.63, 3.8) is 0 Å². The number of anilines is 1. The first-order valence-electron chi connectivity index (χ1n) is 5.10. The Hall–Kier alpha value is -2.07. The van der Waals surface area contributed by atoms with Crippen molar-refractivity contribution in [2.75, 3.05) is 5.73 Å². The molecule has 0 aliphatic carbocycles. The second-order valence-electron chi connectivity index (χ2n) is 3.69. The average molecular weight is 245 g/mol. The molecule has 0 bridgehead atoms. The average Bonchev–Trinajstić information content (AvgIpc) is 2.75. The van der Waals surface area contributed by atoms with E-state index in [0.29, 0.717) is 22.2 Å². The van der Waals surface area contributed by atoms with Crippen molar-refractivity contribution in [1.29, 1.82) is 0 Å². The summed E-state index contributed by atoms with van der Waals surface area (Å²) in [5.41, 5.74) is 8.87. The number of aromatic amines is 1. The van der Waals surface area contributed by atoms with E-state index in [0.717, 1.165) is 11.1 Å². The zero-order valence-corrected chi connectivity index (χ0v) is 9.57. The van der Waals surface area contributed by atoms with Crippen LogP contribution in [-0.2, 0) is 0 Å². The summed E-state index contributed by atoms with van der Waals surface area (Å²) in [5.74, 6) is 0.679. The van der Waals surface area contributed by atoms with Gasteiger partial charge in [-0.3, -0.25) is 0 Å². The lowest BCUT2D eigenvalue weighted by molar-refractivity contribution is 1.30. The first-order chi connectivity index (χ1) is 8.24. The van der Waals surface area contributed by atoms with Crippen LogP contribution in [0.15, 0.2) is 36.5 Å². The van der Waals surface area contributed by atoms with E-state index in [1.54, 1.807) is 24.4 Å². The van der Waals surface area contributed by atoms with E-state index in [4.69, 9.17) is 17.3 Å². The number of hydrogen-bond acceptors (Lipinski definition) is 3. The summed E-state index contributed by atoms with van der Waals surface area (Å²) >= 11 is 5.95. The van der Waals surface area contributed by atoms with Crippen LogP contribution in [0.25, 0.3) is 22.6 Å². The standard InChI is InChI=1S/C12H9ClN4/c13-7-3-4-9(14)8(6-7)11-16-10-2-1-5-15-12(10)17-11/h1-6H,14H2,(H,15,16,17). The molecule has 0 atom stereocenters. The molecule has 0 saturated heterocycles. The highest BCUT2D eigenvalue weighted by Crippen LogP contribution is 2.27. The maximum absolute atomic E-state index is 5.95. The lowest BCUT2D eigenvalue weighted by Gasteiger charge is -2.02. The minimum Gasteiger partial charge on any atom is -0.398 e. The van der Waals surface area contributed by atoms with Gasteiger partial charge in [0.1, 0.15) is 5.82 Å². The van der Waals surface area contributed by atoms with Crippen LogP contribution in [0, 0.1) is 0 Å². The van der Waals surface area contributed by atoms with Gasteiger partial charge >= 0.3 is 0 Å². The third-order valence-electron chi connectivity index (χ3n) is 2.53. The fourth-order valence-corrected chi connectivity index (χ4v) is 1.88. The van der Waals surface area contributed by atoms with E-state index >= 15 is 0 Å². The first-order valence-corrected chi connectivity index (χ1v) is 5.48. The van der Waals surface area contributed by atoms with Gasteiger partial charge in [-0.2, -0.15) is 0 Å². The minimum absolute atomic E-state index is 0.627. The van der Waals surface area contributed by atoms with Crippen molar-refractivity contribution in [3.8, 4) is 11.4 Å². The summed E-state index contributed by atoms with van der Waals surface area (Å²) in [6, 6.07) is 9.07. The molecule has 5 heteroatoms. The van der Waals surface area contributed by atoms with Crippen LogP contribution in [0.1, 0.15) is 0 Å². The fraction of sp³-hybridized carbons (Fsp3) is 0. The van der Waals surface area contributed by atoms with Crippen LogP contribution in [0.4, 0.5) is 5.69 Å². The van der Waals surface area contributed by atoms with E-state index < -0.39 is 0 Å². The Kier molecular flexibility index (Phi) is 2.23. The van der Waals surface area contributed by atoms with Gasteiger partial charge in [0, 0.05) is 22.5 Å². The van der Waals surface area contributed by atoms with Gasteiger partial charge in [-0.05, 0) is 30.3 Å². The molecular formula is C12H9ClN4. The van der Waals surface area contributed by atoms with Gasteiger partial charge in [0.25, 0.3) is 0 Å². The Bertz CT molecular complexity index is 657. The molecule has 0 fully saturated rings. The smallest absolute Gasteiger partial charge is 0.178 e. The van der Waals surface area contributed by atoms with Crippen LogP contribution < -0.4 is 5.73 Å². The predicted octanol–water partition coefficient (Wildman–Crippen LogP) is 2.86. The van der Waals surface area contributed by atoms with E-state index in [9.17, 15) is 0 Å². The first kappa shape index (κ1) is 10.1. The van der Waals surface area contributed by atoms with Crippen LogP contribution in [0.3, 0.4) is 0 Å². The Morgan fingerprint density at radius 3 is 2.94 bits per heavy atom. The van der Waals surface area contributed by atoms with E-state index in [1.165, 1.54) is 0 Å².